The average molecular weight is 254 g/mol. The summed E-state index contributed by atoms with van der Waals surface area (Å²) >= 11 is 0. The zero-order valence-corrected chi connectivity index (χ0v) is 11.9. The van der Waals surface area contributed by atoms with Gasteiger partial charge in [0.2, 0.25) is 0 Å². The third-order valence-electron chi connectivity index (χ3n) is 4.72. The van der Waals surface area contributed by atoms with Crippen LogP contribution in [0.3, 0.4) is 0 Å². The monoisotopic (exact) mass is 254 g/mol. The molecule has 0 aliphatic carbocycles. The fraction of sp³-hybridized carbons (Fsp3) is 0.929. The first-order valence-corrected chi connectivity index (χ1v) is 7.19. The molecule has 4 heteroatoms. The van der Waals surface area contributed by atoms with Crippen molar-refractivity contribution in [1.82, 2.24) is 9.80 Å². The largest absolute Gasteiger partial charge is 0.469 e. The summed E-state index contributed by atoms with van der Waals surface area (Å²) < 4.78 is 4.84. The second kappa shape index (κ2) is 6.02. The molecule has 18 heavy (non-hydrogen) atoms. The Bertz CT molecular complexity index is 290. The molecule has 4 nitrogen and oxygen atoms in total. The Kier molecular flexibility index (Phi) is 4.62. The van der Waals surface area contributed by atoms with E-state index in [2.05, 4.69) is 16.7 Å². The van der Waals surface area contributed by atoms with Gasteiger partial charge in [-0.15, -0.1) is 0 Å². The number of carbonyl (C=O) groups is 1. The lowest BCUT2D eigenvalue weighted by atomic mass is 10.0. The van der Waals surface area contributed by atoms with Gasteiger partial charge in [-0.25, -0.2) is 0 Å². The molecule has 0 bridgehead atoms. The number of carbonyl (C=O) groups excluding carboxylic acids is 1. The van der Waals surface area contributed by atoms with Crippen molar-refractivity contribution in [1.29, 1.82) is 0 Å². The van der Waals surface area contributed by atoms with Crippen LogP contribution in [0.15, 0.2) is 0 Å². The number of methoxy groups -OCH3 is 1. The fourth-order valence-corrected chi connectivity index (χ4v) is 3.24. The number of likely N-dealkylation sites (tertiary alicyclic amines) is 2. The first kappa shape index (κ1) is 13.8. The van der Waals surface area contributed by atoms with E-state index in [9.17, 15) is 4.79 Å². The van der Waals surface area contributed by atoms with Crippen molar-refractivity contribution < 1.29 is 9.53 Å². The lowest BCUT2D eigenvalue weighted by Crippen LogP contribution is -2.42. The third kappa shape index (κ3) is 2.86. The Morgan fingerprint density at radius 1 is 1.22 bits per heavy atom. The van der Waals surface area contributed by atoms with Crippen LogP contribution in [0.5, 0.6) is 0 Å². The molecule has 2 heterocycles. The Morgan fingerprint density at radius 3 is 2.50 bits per heavy atom. The summed E-state index contributed by atoms with van der Waals surface area (Å²) in [6, 6.07) is 0.991. The molecule has 2 rings (SSSR count). The maximum atomic E-state index is 11.6. The molecule has 3 unspecified atom stereocenters. The molecule has 2 aliphatic rings. The van der Waals surface area contributed by atoms with Gasteiger partial charge in [0, 0.05) is 25.2 Å². The summed E-state index contributed by atoms with van der Waals surface area (Å²) in [5.41, 5.74) is 0. The molecule has 0 spiro atoms. The SMILES string of the molecule is COC(=O)C(C)C(C)N1CCC(N2CCCC2)C1. The molecule has 0 N–H and O–H groups in total. The Labute approximate surface area is 110 Å². The smallest absolute Gasteiger partial charge is 0.309 e. The lowest BCUT2D eigenvalue weighted by molar-refractivity contribution is -0.146. The number of ether oxygens (including phenoxy) is 1. The van der Waals surface area contributed by atoms with Crippen LogP contribution in [0.25, 0.3) is 0 Å². The summed E-state index contributed by atoms with van der Waals surface area (Å²) in [4.78, 5) is 16.7. The highest BCUT2D eigenvalue weighted by Crippen LogP contribution is 2.24. The first-order valence-electron chi connectivity index (χ1n) is 7.19. The van der Waals surface area contributed by atoms with E-state index in [-0.39, 0.29) is 17.9 Å². The molecule has 0 aromatic heterocycles. The van der Waals surface area contributed by atoms with E-state index in [4.69, 9.17) is 4.74 Å². The van der Waals surface area contributed by atoms with Gasteiger partial charge < -0.3 is 4.74 Å². The molecule has 2 saturated heterocycles. The van der Waals surface area contributed by atoms with E-state index < -0.39 is 0 Å². The van der Waals surface area contributed by atoms with Gasteiger partial charge in [-0.3, -0.25) is 14.6 Å². The molecule has 2 fully saturated rings. The standard InChI is InChI=1S/C14H26N2O2/c1-11(14(17)18-3)12(2)16-9-6-13(10-16)15-7-4-5-8-15/h11-13H,4-10H2,1-3H3. The Morgan fingerprint density at radius 2 is 1.89 bits per heavy atom. The van der Waals surface area contributed by atoms with E-state index in [0.717, 1.165) is 13.1 Å². The summed E-state index contributed by atoms with van der Waals surface area (Å²) in [7, 11) is 1.47. The van der Waals surface area contributed by atoms with Crippen molar-refractivity contribution in [3.63, 3.8) is 0 Å². The van der Waals surface area contributed by atoms with Gasteiger partial charge in [0.15, 0.2) is 0 Å². The highest BCUT2D eigenvalue weighted by molar-refractivity contribution is 5.72. The zero-order valence-electron chi connectivity index (χ0n) is 11.9. The molecular formula is C14H26N2O2. The van der Waals surface area contributed by atoms with Crippen LogP contribution in [0.2, 0.25) is 0 Å². The van der Waals surface area contributed by atoms with Gasteiger partial charge in [0.05, 0.1) is 13.0 Å². The minimum atomic E-state index is -0.0906. The molecule has 0 amide bonds. The quantitative estimate of drug-likeness (QED) is 0.709. The Balaban J connectivity index is 1.85. The van der Waals surface area contributed by atoms with Crippen LogP contribution in [-0.4, -0.2) is 61.1 Å². The highest BCUT2D eigenvalue weighted by atomic mass is 16.5. The normalized spacial score (nSPS) is 29.4. The van der Waals surface area contributed by atoms with E-state index in [1.807, 2.05) is 6.92 Å². The highest BCUT2D eigenvalue weighted by Gasteiger charge is 2.34. The fourth-order valence-electron chi connectivity index (χ4n) is 3.24. The third-order valence-corrected chi connectivity index (χ3v) is 4.72. The minimum Gasteiger partial charge on any atom is -0.469 e. The molecule has 0 aromatic carbocycles. The molecule has 2 aliphatic heterocycles. The van der Waals surface area contributed by atoms with Gasteiger partial charge in [-0.1, -0.05) is 6.92 Å². The maximum absolute atomic E-state index is 11.6. The van der Waals surface area contributed by atoms with E-state index in [0.29, 0.717) is 6.04 Å². The van der Waals surface area contributed by atoms with Crippen LogP contribution in [0.1, 0.15) is 33.1 Å². The predicted octanol–water partition coefficient (Wildman–Crippen LogP) is 1.35. The van der Waals surface area contributed by atoms with Gasteiger partial charge in [-0.2, -0.15) is 0 Å². The number of hydrogen-bond acceptors (Lipinski definition) is 4. The summed E-state index contributed by atoms with van der Waals surface area (Å²) in [6.45, 7) is 8.87. The van der Waals surface area contributed by atoms with Gasteiger partial charge in [0.25, 0.3) is 0 Å². The van der Waals surface area contributed by atoms with Gasteiger partial charge >= 0.3 is 5.97 Å². The van der Waals surface area contributed by atoms with Gasteiger partial charge in [0.1, 0.15) is 0 Å². The van der Waals surface area contributed by atoms with E-state index in [1.165, 1.54) is 39.5 Å². The average Bonchev–Trinajstić information content (AvgIpc) is 3.05. The molecule has 0 saturated carbocycles. The van der Waals surface area contributed by atoms with Crippen molar-refractivity contribution in [2.45, 2.75) is 45.2 Å². The van der Waals surface area contributed by atoms with Crippen LogP contribution in [0.4, 0.5) is 0 Å². The van der Waals surface area contributed by atoms with Crippen LogP contribution in [0, 0.1) is 5.92 Å². The van der Waals surface area contributed by atoms with Gasteiger partial charge in [-0.05, 0) is 39.3 Å². The number of hydrogen-bond donors (Lipinski definition) is 0. The molecule has 0 radical (unpaired) electrons. The minimum absolute atomic E-state index is 0.0349. The second-order valence-corrected chi connectivity index (χ2v) is 5.73. The lowest BCUT2D eigenvalue weighted by Gasteiger charge is -2.29. The van der Waals surface area contributed by atoms with Crippen molar-refractivity contribution in [3.05, 3.63) is 0 Å². The van der Waals surface area contributed by atoms with E-state index >= 15 is 0 Å². The molecule has 104 valence electrons. The first-order chi connectivity index (χ1) is 8.63. The van der Waals surface area contributed by atoms with Crippen molar-refractivity contribution in [2.75, 3.05) is 33.3 Å². The molecular weight excluding hydrogens is 228 g/mol. The molecule has 0 aromatic rings. The zero-order chi connectivity index (χ0) is 13.1. The number of esters is 1. The van der Waals surface area contributed by atoms with E-state index in [1.54, 1.807) is 0 Å². The van der Waals surface area contributed by atoms with Crippen LogP contribution < -0.4 is 0 Å². The summed E-state index contributed by atoms with van der Waals surface area (Å²) in [6.07, 6.45) is 3.95. The van der Waals surface area contributed by atoms with Crippen LogP contribution >= 0.6 is 0 Å². The number of nitrogens with zero attached hydrogens (tertiary/aromatic N) is 2. The topological polar surface area (TPSA) is 32.8 Å². The van der Waals surface area contributed by atoms with Crippen LogP contribution in [-0.2, 0) is 9.53 Å². The van der Waals surface area contributed by atoms with Crippen molar-refractivity contribution >= 4 is 5.97 Å². The summed E-state index contributed by atoms with van der Waals surface area (Å²) in [5, 5.41) is 0. The predicted molar refractivity (Wildman–Crippen MR) is 71.4 cm³/mol. The second-order valence-electron chi connectivity index (χ2n) is 5.73. The number of rotatable bonds is 4. The molecule has 3 atom stereocenters. The van der Waals surface area contributed by atoms with Crippen molar-refractivity contribution in [3.8, 4) is 0 Å². The maximum Gasteiger partial charge on any atom is 0.309 e. The van der Waals surface area contributed by atoms with Crippen molar-refractivity contribution in [2.24, 2.45) is 5.92 Å². The summed E-state index contributed by atoms with van der Waals surface area (Å²) in [5.74, 6) is -0.126. The Hall–Kier alpha value is -0.610.